The van der Waals surface area contributed by atoms with Gasteiger partial charge >= 0.3 is 0 Å². The Bertz CT molecular complexity index is 3120. The van der Waals surface area contributed by atoms with Crippen LogP contribution >= 0.6 is 0 Å². The van der Waals surface area contributed by atoms with Gasteiger partial charge in [-0.2, -0.15) is 0 Å². The molecule has 2 heterocycles. The molecule has 0 saturated carbocycles. The lowest BCUT2D eigenvalue weighted by atomic mass is 9.81. The Morgan fingerprint density at radius 3 is 1.93 bits per heavy atom. The Morgan fingerprint density at radius 1 is 0.426 bits per heavy atom. The van der Waals surface area contributed by atoms with E-state index < -0.39 is 0 Å². The van der Waals surface area contributed by atoms with Crippen molar-refractivity contribution in [1.29, 1.82) is 0 Å². The number of hydrogen-bond donors (Lipinski definition) is 0. The molecule has 0 aliphatic heterocycles. The monoisotopic (exact) mass is 690 g/mol. The van der Waals surface area contributed by atoms with Gasteiger partial charge in [-0.1, -0.05) is 141 Å². The molecule has 0 spiro atoms. The molecular weight excluding hydrogens is 657 g/mol. The van der Waals surface area contributed by atoms with Gasteiger partial charge in [-0.15, -0.1) is 0 Å². The van der Waals surface area contributed by atoms with Crippen molar-refractivity contribution in [2.75, 3.05) is 0 Å². The number of nitrogens with zero attached hydrogens (tertiary/aromatic N) is 2. The maximum atomic E-state index is 6.43. The van der Waals surface area contributed by atoms with Gasteiger partial charge in [-0.3, -0.25) is 0 Å². The minimum absolute atomic E-state index is 0.0879. The first-order valence-corrected chi connectivity index (χ1v) is 18.6. The second kappa shape index (κ2) is 11.6. The first-order valence-electron chi connectivity index (χ1n) is 18.6. The Labute approximate surface area is 313 Å². The van der Waals surface area contributed by atoms with Crippen LogP contribution in [0.15, 0.2) is 174 Å². The van der Waals surface area contributed by atoms with Crippen molar-refractivity contribution in [1.82, 2.24) is 9.97 Å². The van der Waals surface area contributed by atoms with Gasteiger partial charge in [0, 0.05) is 38.3 Å². The van der Waals surface area contributed by atoms with Crippen LogP contribution in [0.3, 0.4) is 0 Å². The van der Waals surface area contributed by atoms with Gasteiger partial charge in [0.25, 0.3) is 0 Å². The molecule has 0 saturated heterocycles. The molecule has 0 N–H and O–H groups in total. The summed E-state index contributed by atoms with van der Waals surface area (Å²) in [7, 11) is 0. The van der Waals surface area contributed by atoms with E-state index in [0.29, 0.717) is 5.82 Å². The summed E-state index contributed by atoms with van der Waals surface area (Å²) in [6.45, 7) is 4.70. The van der Waals surface area contributed by atoms with Gasteiger partial charge in [0.2, 0.25) is 0 Å². The van der Waals surface area contributed by atoms with Crippen LogP contribution in [0.2, 0.25) is 0 Å². The summed E-state index contributed by atoms with van der Waals surface area (Å²) < 4.78 is 6.43. The predicted molar refractivity (Wildman–Crippen MR) is 224 cm³/mol. The zero-order valence-corrected chi connectivity index (χ0v) is 30.0. The third-order valence-corrected chi connectivity index (χ3v) is 11.5. The third kappa shape index (κ3) is 4.68. The third-order valence-electron chi connectivity index (χ3n) is 11.5. The number of furan rings is 1. The molecule has 3 heteroatoms. The molecule has 0 atom stereocenters. The second-order valence-corrected chi connectivity index (χ2v) is 15.0. The van der Waals surface area contributed by atoms with E-state index in [1.807, 2.05) is 18.2 Å². The summed E-state index contributed by atoms with van der Waals surface area (Å²) in [5.74, 6) is 0.697. The van der Waals surface area contributed by atoms with E-state index in [0.717, 1.165) is 55.4 Å². The second-order valence-electron chi connectivity index (χ2n) is 15.0. The number of fused-ring (bicyclic) bond motifs is 9. The van der Waals surface area contributed by atoms with Crippen molar-refractivity contribution in [3.05, 3.63) is 181 Å². The number of rotatable bonds is 4. The Kier molecular flexibility index (Phi) is 6.60. The zero-order chi connectivity index (χ0) is 36.0. The molecule has 10 aromatic rings. The quantitative estimate of drug-likeness (QED) is 0.184. The number of benzene rings is 8. The summed E-state index contributed by atoms with van der Waals surface area (Å²) in [6, 6.07) is 60.6. The first kappa shape index (κ1) is 30.8. The Morgan fingerprint density at radius 2 is 1.11 bits per heavy atom. The molecule has 1 aliphatic carbocycles. The summed E-state index contributed by atoms with van der Waals surface area (Å²) >= 11 is 0. The fraction of sp³-hybridized carbons (Fsp3) is 0.0588. The van der Waals surface area contributed by atoms with Crippen LogP contribution in [0.4, 0.5) is 0 Å². The van der Waals surface area contributed by atoms with Crippen molar-refractivity contribution < 1.29 is 4.42 Å². The summed E-state index contributed by atoms with van der Waals surface area (Å²) in [6.07, 6.45) is 0. The van der Waals surface area contributed by atoms with Gasteiger partial charge in [0.15, 0.2) is 5.82 Å². The van der Waals surface area contributed by atoms with Crippen LogP contribution < -0.4 is 0 Å². The SMILES string of the molecule is CC1(C)c2cc3ccccc3cc2-c2c(-c3ccc(-c4cc(-c5ccc6oc7c8ccccc8ccc7c6c5)nc(-c5ccccc5)n4)cc3)cccc21. The molecule has 0 fully saturated rings. The van der Waals surface area contributed by atoms with Crippen molar-refractivity contribution >= 4 is 43.5 Å². The lowest BCUT2D eigenvalue weighted by molar-refractivity contribution is 0.661. The highest BCUT2D eigenvalue weighted by Gasteiger charge is 2.37. The molecule has 3 nitrogen and oxygen atoms in total. The standard InChI is InChI=1S/C51H34N2O/c1-51(2)43-18-10-17-38(48(43)42-27-35-14-6-7-15-36(35)29-44(42)51)32-19-21-33(22-20-32)45-30-46(53-50(52-45)34-12-4-3-5-13-34)37-24-26-47-41(28-37)40-25-23-31-11-8-9-16-39(31)49(40)54-47/h3-30H,1-2H3. The molecule has 2 aromatic heterocycles. The molecular formula is C51H34N2O. The van der Waals surface area contributed by atoms with Crippen molar-refractivity contribution in [3.63, 3.8) is 0 Å². The normalized spacial score (nSPS) is 13.1. The largest absolute Gasteiger partial charge is 0.455 e. The summed E-state index contributed by atoms with van der Waals surface area (Å²) in [5, 5.41) is 7.02. The molecule has 8 aromatic carbocycles. The number of hydrogen-bond acceptors (Lipinski definition) is 3. The fourth-order valence-corrected chi connectivity index (χ4v) is 8.66. The first-order chi connectivity index (χ1) is 26.5. The van der Waals surface area contributed by atoms with Gasteiger partial charge < -0.3 is 4.42 Å². The molecule has 254 valence electrons. The van der Waals surface area contributed by atoms with Crippen molar-refractivity contribution in [2.24, 2.45) is 0 Å². The van der Waals surface area contributed by atoms with Gasteiger partial charge in [0.05, 0.1) is 11.4 Å². The van der Waals surface area contributed by atoms with Crippen LogP contribution in [0, 0.1) is 0 Å². The highest BCUT2D eigenvalue weighted by Crippen LogP contribution is 2.53. The van der Waals surface area contributed by atoms with E-state index in [9.17, 15) is 0 Å². The van der Waals surface area contributed by atoms with Crippen LogP contribution in [-0.2, 0) is 5.41 Å². The molecule has 1 aliphatic rings. The predicted octanol–water partition coefficient (Wildman–Crippen LogP) is 13.7. The minimum Gasteiger partial charge on any atom is -0.455 e. The summed E-state index contributed by atoms with van der Waals surface area (Å²) in [5.41, 5.74) is 14.3. The lowest BCUT2D eigenvalue weighted by Gasteiger charge is -2.22. The zero-order valence-electron chi connectivity index (χ0n) is 30.0. The molecule has 0 unspecified atom stereocenters. The maximum absolute atomic E-state index is 6.43. The minimum atomic E-state index is -0.0879. The molecule has 0 amide bonds. The van der Waals surface area contributed by atoms with Crippen LogP contribution in [0.1, 0.15) is 25.0 Å². The van der Waals surface area contributed by atoms with E-state index >= 15 is 0 Å². The maximum Gasteiger partial charge on any atom is 0.160 e. The van der Waals surface area contributed by atoms with E-state index in [1.54, 1.807) is 0 Å². The van der Waals surface area contributed by atoms with E-state index in [2.05, 4.69) is 166 Å². The Balaban J connectivity index is 1.03. The van der Waals surface area contributed by atoms with Gasteiger partial charge in [-0.25, -0.2) is 9.97 Å². The molecule has 0 radical (unpaired) electrons. The van der Waals surface area contributed by atoms with Crippen molar-refractivity contribution in [2.45, 2.75) is 19.3 Å². The van der Waals surface area contributed by atoms with E-state index in [1.165, 1.54) is 49.5 Å². The molecule has 0 bridgehead atoms. The summed E-state index contributed by atoms with van der Waals surface area (Å²) in [4.78, 5) is 10.3. The van der Waals surface area contributed by atoms with Crippen molar-refractivity contribution in [3.8, 4) is 56.2 Å². The van der Waals surface area contributed by atoms with Crippen LogP contribution in [0.5, 0.6) is 0 Å². The smallest absolute Gasteiger partial charge is 0.160 e. The van der Waals surface area contributed by atoms with Gasteiger partial charge in [-0.05, 0) is 92.0 Å². The highest BCUT2D eigenvalue weighted by atomic mass is 16.3. The van der Waals surface area contributed by atoms with Crippen LogP contribution in [-0.4, -0.2) is 9.97 Å². The fourth-order valence-electron chi connectivity index (χ4n) is 8.66. The topological polar surface area (TPSA) is 38.9 Å². The van der Waals surface area contributed by atoms with Gasteiger partial charge in [0.1, 0.15) is 11.2 Å². The van der Waals surface area contributed by atoms with E-state index in [-0.39, 0.29) is 5.41 Å². The molecule has 11 rings (SSSR count). The number of aromatic nitrogens is 2. The molecule has 54 heavy (non-hydrogen) atoms. The average Bonchev–Trinajstić information content (AvgIpc) is 3.71. The Hall–Kier alpha value is -6.84. The average molecular weight is 691 g/mol. The highest BCUT2D eigenvalue weighted by molar-refractivity contribution is 6.15. The lowest BCUT2D eigenvalue weighted by Crippen LogP contribution is -2.14. The van der Waals surface area contributed by atoms with E-state index in [4.69, 9.17) is 14.4 Å². The van der Waals surface area contributed by atoms with Crippen LogP contribution in [0.25, 0.3) is 99.6 Å².